The topological polar surface area (TPSA) is 152 Å². The fourth-order valence-corrected chi connectivity index (χ4v) is 3.91. The van der Waals surface area contributed by atoms with E-state index in [1.165, 1.54) is 24.1 Å². The molecule has 11 nitrogen and oxygen atoms in total. The van der Waals surface area contributed by atoms with Crippen LogP contribution < -0.4 is 10.9 Å². The van der Waals surface area contributed by atoms with Gasteiger partial charge in [-0.2, -0.15) is 10.4 Å². The third kappa shape index (κ3) is 3.93. The monoisotopic (exact) mass is 459 g/mol. The summed E-state index contributed by atoms with van der Waals surface area (Å²) in [5.74, 6) is -1.88. The molecule has 0 saturated carbocycles. The maximum Gasteiger partial charge on any atom is 0.296 e. The van der Waals surface area contributed by atoms with Crippen molar-refractivity contribution in [3.63, 3.8) is 0 Å². The van der Waals surface area contributed by atoms with E-state index < -0.39 is 34.9 Å². The highest BCUT2D eigenvalue weighted by Crippen LogP contribution is 2.35. The van der Waals surface area contributed by atoms with Gasteiger partial charge in [0.25, 0.3) is 11.5 Å². The van der Waals surface area contributed by atoms with Crippen molar-refractivity contribution >= 4 is 11.6 Å². The van der Waals surface area contributed by atoms with Gasteiger partial charge in [-0.15, -0.1) is 0 Å². The smallest absolute Gasteiger partial charge is 0.296 e. The number of nitrogens with one attached hydrogen (secondary N) is 1. The van der Waals surface area contributed by atoms with Crippen molar-refractivity contribution in [3.8, 4) is 11.8 Å². The average Bonchev–Trinajstić information content (AvgIpc) is 3.50. The Hall–Kier alpha value is -4.72. The van der Waals surface area contributed by atoms with Crippen LogP contribution in [-0.2, 0) is 7.05 Å². The molecule has 0 radical (unpaired) electrons. The van der Waals surface area contributed by atoms with E-state index in [1.807, 2.05) is 32.0 Å². The maximum atomic E-state index is 12.8. The van der Waals surface area contributed by atoms with Gasteiger partial charge in [0.1, 0.15) is 17.8 Å². The lowest BCUT2D eigenvalue weighted by atomic mass is 9.90. The molecule has 0 unspecified atom stereocenters. The summed E-state index contributed by atoms with van der Waals surface area (Å²) >= 11 is 0. The molecule has 0 aliphatic carbocycles. The minimum absolute atomic E-state index is 0.228. The predicted octanol–water partition coefficient (Wildman–Crippen LogP) is 2.50. The van der Waals surface area contributed by atoms with Crippen molar-refractivity contribution in [3.05, 3.63) is 87.7 Å². The van der Waals surface area contributed by atoms with Gasteiger partial charge in [-0.05, 0) is 24.6 Å². The Morgan fingerprint density at radius 3 is 2.71 bits per heavy atom. The summed E-state index contributed by atoms with van der Waals surface area (Å²) < 4.78 is 7.63. The highest BCUT2D eigenvalue weighted by atomic mass is 16.5. The summed E-state index contributed by atoms with van der Waals surface area (Å²) in [5.41, 5.74) is 0.992. The van der Waals surface area contributed by atoms with Gasteiger partial charge >= 0.3 is 0 Å². The molecule has 0 bridgehead atoms. The summed E-state index contributed by atoms with van der Waals surface area (Å²) in [6, 6.07) is 10.6. The van der Waals surface area contributed by atoms with Gasteiger partial charge in [-0.3, -0.25) is 18.8 Å². The number of aromatic hydroxyl groups is 1. The Bertz CT molecular complexity index is 1450. The van der Waals surface area contributed by atoms with Crippen LogP contribution >= 0.6 is 0 Å². The van der Waals surface area contributed by atoms with E-state index in [-0.39, 0.29) is 11.5 Å². The molecule has 2 atom stereocenters. The zero-order chi connectivity index (χ0) is 24.4. The molecule has 0 fully saturated rings. The highest BCUT2D eigenvalue weighted by Gasteiger charge is 2.31. The van der Waals surface area contributed by atoms with Crippen molar-refractivity contribution in [1.82, 2.24) is 24.5 Å². The third-order valence-corrected chi connectivity index (χ3v) is 5.62. The second-order valence-electron chi connectivity index (χ2n) is 7.75. The highest BCUT2D eigenvalue weighted by molar-refractivity contribution is 6.04. The Morgan fingerprint density at radius 1 is 1.29 bits per heavy atom. The average molecular weight is 459 g/mol. The van der Waals surface area contributed by atoms with Gasteiger partial charge in [0.15, 0.2) is 5.69 Å². The van der Waals surface area contributed by atoms with E-state index in [2.05, 4.69) is 26.6 Å². The van der Waals surface area contributed by atoms with Crippen LogP contribution in [0.5, 0.6) is 5.75 Å². The Morgan fingerprint density at radius 2 is 2.06 bits per heavy atom. The van der Waals surface area contributed by atoms with Gasteiger partial charge in [0.2, 0.25) is 5.75 Å². The fourth-order valence-electron chi connectivity index (χ4n) is 3.91. The lowest BCUT2D eigenvalue weighted by Gasteiger charge is -2.28. The van der Waals surface area contributed by atoms with Gasteiger partial charge in [-0.25, -0.2) is 4.98 Å². The molecule has 4 aromatic rings. The van der Waals surface area contributed by atoms with Gasteiger partial charge in [-0.1, -0.05) is 30.3 Å². The Labute approximate surface area is 193 Å². The fraction of sp³-hybridized carbons (Fsp3) is 0.217. The number of aryl methyl sites for hydroxylation is 1. The molecule has 172 valence electrons. The Kier molecular flexibility index (Phi) is 5.97. The number of carbonyl (C=O) groups is 1. The van der Waals surface area contributed by atoms with Crippen molar-refractivity contribution < 1.29 is 14.4 Å². The molecule has 3 heterocycles. The molecule has 3 aromatic heterocycles. The minimum atomic E-state index is -0.795. The quantitative estimate of drug-likeness (QED) is 0.446. The molecular weight excluding hydrogens is 438 g/mol. The van der Waals surface area contributed by atoms with Crippen molar-refractivity contribution in [2.24, 2.45) is 7.05 Å². The number of hydrogen-bond donors (Lipinski definition) is 2. The third-order valence-electron chi connectivity index (χ3n) is 5.62. The van der Waals surface area contributed by atoms with E-state index in [4.69, 9.17) is 4.52 Å². The first kappa shape index (κ1) is 22.5. The van der Waals surface area contributed by atoms with Crippen molar-refractivity contribution in [2.45, 2.75) is 25.8 Å². The summed E-state index contributed by atoms with van der Waals surface area (Å²) in [6.45, 7) is 3.70. The molecule has 2 N–H and O–H groups in total. The van der Waals surface area contributed by atoms with Crippen LogP contribution in [0, 0.1) is 18.3 Å². The van der Waals surface area contributed by atoms with Crippen molar-refractivity contribution in [2.75, 3.05) is 5.32 Å². The number of rotatable bonds is 6. The predicted molar refractivity (Wildman–Crippen MR) is 120 cm³/mol. The van der Waals surface area contributed by atoms with Crippen LogP contribution in [-0.4, -0.2) is 35.5 Å². The van der Waals surface area contributed by atoms with E-state index in [9.17, 15) is 20.0 Å². The molecule has 11 heteroatoms. The number of amides is 1. The molecule has 1 aromatic carbocycles. The molecule has 0 aliphatic heterocycles. The number of nitrogens with zero attached hydrogens (tertiary/aromatic N) is 6. The first-order chi connectivity index (χ1) is 16.3. The van der Waals surface area contributed by atoms with E-state index >= 15 is 0 Å². The van der Waals surface area contributed by atoms with Crippen molar-refractivity contribution in [1.29, 1.82) is 5.26 Å². The normalized spacial score (nSPS) is 12.6. The van der Waals surface area contributed by atoms with Crippen LogP contribution in [0.3, 0.4) is 0 Å². The van der Waals surface area contributed by atoms with Crippen LogP contribution in [0.15, 0.2) is 58.3 Å². The number of nitriles is 1. The van der Waals surface area contributed by atoms with Crippen LogP contribution in [0.1, 0.15) is 52.0 Å². The lowest BCUT2D eigenvalue weighted by molar-refractivity contribution is 0.101. The first-order valence-electron chi connectivity index (χ1n) is 10.3. The van der Waals surface area contributed by atoms with Gasteiger partial charge in [0, 0.05) is 24.9 Å². The number of hydrogen-bond acceptors (Lipinski definition) is 8. The number of benzene rings is 1. The standard InChI is InChI=1S/C23H21N7O4/c1-13-8-9-25-30(13)19(17-7-5-4-6-15(17)10-24)14(2)21-28-18(20(31)23(33)29(21)3)22(32)27-16-11-26-34-12-16/h4-9,11-12,14,19,31H,1-3H3,(H,27,32)/t14-,19+/m1/s1. The number of aromatic nitrogens is 5. The Balaban J connectivity index is 1.87. The number of anilines is 1. The van der Waals surface area contributed by atoms with Crippen LogP contribution in [0.4, 0.5) is 5.69 Å². The second-order valence-corrected chi connectivity index (χ2v) is 7.75. The summed E-state index contributed by atoms with van der Waals surface area (Å²) in [5, 5.41) is 30.5. The molecule has 0 spiro atoms. The molecule has 4 rings (SSSR count). The zero-order valence-corrected chi connectivity index (χ0v) is 18.6. The van der Waals surface area contributed by atoms with Gasteiger partial charge < -0.3 is 14.9 Å². The first-order valence-corrected chi connectivity index (χ1v) is 10.3. The SMILES string of the molecule is Cc1ccnn1[C@H](c1ccccc1C#N)[C@@H](C)c1nc(C(=O)Nc2cnoc2)c(O)c(=O)n1C. The van der Waals surface area contributed by atoms with E-state index in [0.717, 1.165) is 5.69 Å². The van der Waals surface area contributed by atoms with E-state index in [1.54, 1.807) is 23.0 Å². The molecule has 1 amide bonds. The van der Waals surface area contributed by atoms with Crippen LogP contribution in [0.25, 0.3) is 0 Å². The lowest BCUT2D eigenvalue weighted by Crippen LogP contribution is -2.31. The summed E-state index contributed by atoms with van der Waals surface area (Å²) in [4.78, 5) is 30.0. The molecule has 34 heavy (non-hydrogen) atoms. The molecule has 0 saturated heterocycles. The molecular formula is C23H21N7O4. The largest absolute Gasteiger partial charge is 0.501 e. The maximum absolute atomic E-state index is 12.8. The number of carbonyl (C=O) groups excluding carboxylic acids is 1. The molecule has 0 aliphatic rings. The van der Waals surface area contributed by atoms with Gasteiger partial charge in [0.05, 0.1) is 23.9 Å². The van der Waals surface area contributed by atoms with E-state index in [0.29, 0.717) is 11.1 Å². The van der Waals surface area contributed by atoms with Crippen LogP contribution in [0.2, 0.25) is 0 Å². The summed E-state index contributed by atoms with van der Waals surface area (Å²) in [6.07, 6.45) is 4.12. The second kappa shape index (κ2) is 9.03. The zero-order valence-electron chi connectivity index (χ0n) is 18.6. The summed E-state index contributed by atoms with van der Waals surface area (Å²) in [7, 11) is 1.46. The minimum Gasteiger partial charge on any atom is -0.501 e.